The van der Waals surface area contributed by atoms with Crippen molar-refractivity contribution in [3.8, 4) is 17.2 Å². The van der Waals surface area contributed by atoms with E-state index < -0.39 is 5.75 Å². The minimum absolute atomic E-state index is 0.117. The van der Waals surface area contributed by atoms with Gasteiger partial charge in [-0.15, -0.1) is 0 Å². The van der Waals surface area contributed by atoms with E-state index in [-0.39, 0.29) is 34.3 Å². The summed E-state index contributed by atoms with van der Waals surface area (Å²) < 4.78 is 0. The summed E-state index contributed by atoms with van der Waals surface area (Å²) in [6.45, 7) is 9.49. The fourth-order valence-electron chi connectivity index (χ4n) is 2.38. The zero-order valence-electron chi connectivity index (χ0n) is 15.2. The lowest BCUT2D eigenvalue weighted by molar-refractivity contribution is 0.0933. The van der Waals surface area contributed by atoms with Crippen molar-refractivity contribution < 1.29 is 20.1 Å². The van der Waals surface area contributed by atoms with Crippen LogP contribution >= 0.6 is 0 Å². The predicted molar refractivity (Wildman–Crippen MR) is 96.7 cm³/mol. The predicted octanol–water partition coefficient (Wildman–Crippen LogP) is 4.88. The number of phenolic OH excluding ortho intramolecular Hbond substituents is 3. The lowest BCUT2D eigenvalue weighted by Gasteiger charge is -2.14. The number of hydrogen-bond acceptors (Lipinski definition) is 4. The zero-order chi connectivity index (χ0) is 18.4. The number of Topliss-reactive ketones (excluding diaryl/α,β-unsaturated/α-hetero) is 1. The number of rotatable bonds is 7. The van der Waals surface area contributed by atoms with Crippen molar-refractivity contribution in [3.63, 3.8) is 0 Å². The fourth-order valence-corrected chi connectivity index (χ4v) is 2.38. The van der Waals surface area contributed by atoms with Crippen molar-refractivity contribution in [3.05, 3.63) is 40.5 Å². The molecular weight excluding hydrogens is 304 g/mol. The molecule has 0 unspecified atom stereocenters. The van der Waals surface area contributed by atoms with Crippen LogP contribution in [0.4, 0.5) is 0 Å². The monoisotopic (exact) mass is 332 g/mol. The molecule has 0 aliphatic carbocycles. The summed E-state index contributed by atoms with van der Waals surface area (Å²) >= 11 is 0. The highest BCUT2D eigenvalue weighted by Crippen LogP contribution is 2.39. The Bertz CT molecular complexity index is 663. The molecule has 0 aliphatic heterocycles. The number of carbonyl (C=O) groups is 1. The van der Waals surface area contributed by atoms with E-state index >= 15 is 0 Å². The van der Waals surface area contributed by atoms with Gasteiger partial charge < -0.3 is 15.3 Å². The maximum atomic E-state index is 12.2. The highest BCUT2D eigenvalue weighted by molar-refractivity contribution is 6.03. The summed E-state index contributed by atoms with van der Waals surface area (Å²) in [4.78, 5) is 12.2. The van der Waals surface area contributed by atoms with E-state index in [0.29, 0.717) is 6.42 Å². The number of ketones is 1. The molecule has 0 fully saturated rings. The first kappa shape index (κ1) is 19.8. The number of benzene rings is 1. The molecule has 1 rings (SSSR count). The fraction of sp³-hybridized carbons (Fsp3) is 0.450. The van der Waals surface area contributed by atoms with Crippen LogP contribution in [0.25, 0.3) is 0 Å². The average molecular weight is 332 g/mol. The van der Waals surface area contributed by atoms with Gasteiger partial charge in [-0.3, -0.25) is 4.79 Å². The SMILES string of the molecule is CC(C)=CCC/C(C)=C/Cc1c(O)cc(O)c(C(=O)C(C)C)c1O. The van der Waals surface area contributed by atoms with Crippen LogP contribution in [-0.2, 0) is 6.42 Å². The van der Waals surface area contributed by atoms with Crippen LogP contribution in [0.15, 0.2) is 29.4 Å². The first-order valence-corrected chi connectivity index (χ1v) is 8.25. The largest absolute Gasteiger partial charge is 0.507 e. The Morgan fingerprint density at radius 2 is 1.71 bits per heavy atom. The van der Waals surface area contributed by atoms with Crippen molar-refractivity contribution in [1.82, 2.24) is 0 Å². The Kier molecular flexibility index (Phi) is 7.08. The Hall–Kier alpha value is -2.23. The second-order valence-electron chi connectivity index (χ2n) is 6.71. The maximum absolute atomic E-state index is 12.2. The second-order valence-corrected chi connectivity index (χ2v) is 6.71. The van der Waals surface area contributed by atoms with Crippen molar-refractivity contribution in [1.29, 1.82) is 0 Å². The topological polar surface area (TPSA) is 77.8 Å². The number of carbonyl (C=O) groups excluding carboxylic acids is 1. The molecule has 4 heteroatoms. The number of aromatic hydroxyl groups is 3. The van der Waals surface area contributed by atoms with Crippen LogP contribution in [0.3, 0.4) is 0 Å². The van der Waals surface area contributed by atoms with E-state index in [1.807, 2.05) is 13.0 Å². The molecule has 0 saturated carbocycles. The average Bonchev–Trinajstić information content (AvgIpc) is 2.45. The first-order valence-electron chi connectivity index (χ1n) is 8.25. The van der Waals surface area contributed by atoms with Crippen molar-refractivity contribution in [2.24, 2.45) is 5.92 Å². The van der Waals surface area contributed by atoms with Gasteiger partial charge in [0.05, 0.1) is 0 Å². The van der Waals surface area contributed by atoms with Gasteiger partial charge in [-0.25, -0.2) is 0 Å². The number of hydrogen-bond donors (Lipinski definition) is 3. The molecular formula is C20H28O4. The maximum Gasteiger partial charge on any atom is 0.172 e. The van der Waals surface area contributed by atoms with Gasteiger partial charge in [-0.05, 0) is 40.0 Å². The Morgan fingerprint density at radius 3 is 2.25 bits per heavy atom. The molecule has 1 aromatic carbocycles. The molecule has 0 bridgehead atoms. The smallest absolute Gasteiger partial charge is 0.172 e. The van der Waals surface area contributed by atoms with Crippen LogP contribution < -0.4 is 0 Å². The van der Waals surface area contributed by atoms with Gasteiger partial charge >= 0.3 is 0 Å². The molecule has 1 aromatic rings. The minimum atomic E-state index is -0.392. The van der Waals surface area contributed by atoms with Crippen LogP contribution in [0.1, 0.15) is 63.4 Å². The Morgan fingerprint density at radius 1 is 1.08 bits per heavy atom. The van der Waals surface area contributed by atoms with E-state index in [1.54, 1.807) is 13.8 Å². The number of allylic oxidation sites excluding steroid dienone is 4. The third-order valence-electron chi connectivity index (χ3n) is 3.88. The molecule has 3 N–H and O–H groups in total. The van der Waals surface area contributed by atoms with Crippen LogP contribution in [0.2, 0.25) is 0 Å². The minimum Gasteiger partial charge on any atom is -0.507 e. The molecule has 0 aliphatic rings. The third-order valence-corrected chi connectivity index (χ3v) is 3.88. The number of phenols is 3. The van der Waals surface area contributed by atoms with Crippen LogP contribution in [0.5, 0.6) is 17.2 Å². The van der Waals surface area contributed by atoms with Crippen LogP contribution in [0, 0.1) is 5.92 Å². The van der Waals surface area contributed by atoms with E-state index in [1.165, 1.54) is 5.57 Å². The summed E-state index contributed by atoms with van der Waals surface area (Å²) in [6.07, 6.45) is 6.22. The zero-order valence-corrected chi connectivity index (χ0v) is 15.2. The van der Waals surface area contributed by atoms with Gasteiger partial charge in [0.1, 0.15) is 22.8 Å². The van der Waals surface area contributed by atoms with E-state index in [9.17, 15) is 20.1 Å². The van der Waals surface area contributed by atoms with Gasteiger partial charge in [0.2, 0.25) is 0 Å². The molecule has 132 valence electrons. The summed E-state index contributed by atoms with van der Waals surface area (Å²) in [5.74, 6) is -1.65. The summed E-state index contributed by atoms with van der Waals surface area (Å²) in [5, 5.41) is 30.3. The Balaban J connectivity index is 3.06. The van der Waals surface area contributed by atoms with Crippen molar-refractivity contribution >= 4 is 5.78 Å². The van der Waals surface area contributed by atoms with Gasteiger partial charge in [0.15, 0.2) is 5.78 Å². The lowest BCUT2D eigenvalue weighted by Crippen LogP contribution is -2.09. The molecule has 0 amide bonds. The first-order chi connectivity index (χ1) is 11.1. The highest BCUT2D eigenvalue weighted by atomic mass is 16.3. The quantitative estimate of drug-likeness (QED) is 0.491. The van der Waals surface area contributed by atoms with Crippen LogP contribution in [-0.4, -0.2) is 21.1 Å². The molecule has 0 heterocycles. The second kappa shape index (κ2) is 8.57. The van der Waals surface area contributed by atoms with Crippen molar-refractivity contribution in [2.45, 2.75) is 53.9 Å². The van der Waals surface area contributed by atoms with Gasteiger partial charge in [-0.1, -0.05) is 37.1 Å². The molecule has 0 spiro atoms. The molecule has 4 nitrogen and oxygen atoms in total. The molecule has 0 radical (unpaired) electrons. The van der Waals surface area contributed by atoms with Gasteiger partial charge in [-0.2, -0.15) is 0 Å². The summed E-state index contributed by atoms with van der Waals surface area (Å²) in [7, 11) is 0. The molecule has 0 atom stereocenters. The lowest BCUT2D eigenvalue weighted by atomic mass is 9.94. The van der Waals surface area contributed by atoms with E-state index in [2.05, 4.69) is 19.9 Å². The van der Waals surface area contributed by atoms with E-state index in [0.717, 1.165) is 24.5 Å². The highest BCUT2D eigenvalue weighted by Gasteiger charge is 2.23. The van der Waals surface area contributed by atoms with Gasteiger partial charge in [0.25, 0.3) is 0 Å². The molecule has 0 saturated heterocycles. The normalized spacial score (nSPS) is 11.7. The van der Waals surface area contributed by atoms with Crippen molar-refractivity contribution in [2.75, 3.05) is 0 Å². The van der Waals surface area contributed by atoms with Gasteiger partial charge in [0, 0.05) is 17.5 Å². The summed E-state index contributed by atoms with van der Waals surface area (Å²) in [5.41, 5.74) is 2.55. The summed E-state index contributed by atoms with van der Waals surface area (Å²) in [6, 6.07) is 1.12. The third kappa shape index (κ3) is 5.15. The Labute approximate surface area is 144 Å². The van der Waals surface area contributed by atoms with E-state index in [4.69, 9.17) is 0 Å². The molecule has 24 heavy (non-hydrogen) atoms. The molecule has 0 aromatic heterocycles. The standard InChI is InChI=1S/C20H28O4/c1-12(2)7-6-8-14(5)9-10-15-16(21)11-17(22)18(20(15)24)19(23)13(3)4/h7,9,11,13,21-22,24H,6,8,10H2,1-5H3/b14-9+.